The van der Waals surface area contributed by atoms with Crippen LogP contribution in [0.3, 0.4) is 0 Å². The molecule has 0 aliphatic rings. The highest BCUT2D eigenvalue weighted by Crippen LogP contribution is 2.12. The Hall–Kier alpha value is -1.59. The number of hydrogen-bond acceptors (Lipinski definition) is 5. The first kappa shape index (κ1) is 19.4. The van der Waals surface area contributed by atoms with Gasteiger partial charge in [-0.3, -0.25) is 9.59 Å². The first-order valence-corrected chi connectivity index (χ1v) is 7.20. The van der Waals surface area contributed by atoms with E-state index in [1.54, 1.807) is 20.8 Å². The van der Waals surface area contributed by atoms with E-state index in [0.717, 1.165) is 6.42 Å². The maximum absolute atomic E-state index is 12.0. The summed E-state index contributed by atoms with van der Waals surface area (Å²) in [5.74, 6) is -1.64. The van der Waals surface area contributed by atoms with Crippen LogP contribution in [0.15, 0.2) is 0 Å². The Bertz CT molecular complexity index is 373. The number of carbonyl (C=O) groups is 3. The molecule has 2 unspecified atom stereocenters. The van der Waals surface area contributed by atoms with Gasteiger partial charge in [0, 0.05) is 12.5 Å². The van der Waals surface area contributed by atoms with E-state index in [2.05, 4.69) is 10.1 Å². The Kier molecular flexibility index (Phi) is 7.99. The number of amides is 1. The summed E-state index contributed by atoms with van der Waals surface area (Å²) in [6, 6.07) is -0.343. The van der Waals surface area contributed by atoms with E-state index in [1.165, 1.54) is 14.0 Å². The SMILES string of the molecule is CCCC(CC(=O)C(C)C(=O)OC)NC(=O)OC(C)(C)C. The van der Waals surface area contributed by atoms with Crippen LogP contribution in [-0.4, -0.2) is 36.6 Å². The minimum Gasteiger partial charge on any atom is -0.468 e. The Balaban J connectivity index is 4.59. The molecule has 0 rings (SSSR count). The number of alkyl carbamates (subject to hydrolysis) is 1. The van der Waals surface area contributed by atoms with E-state index in [0.29, 0.717) is 6.42 Å². The van der Waals surface area contributed by atoms with E-state index in [1.807, 2.05) is 6.92 Å². The molecule has 0 aromatic heterocycles. The molecule has 1 amide bonds. The zero-order valence-corrected chi connectivity index (χ0v) is 13.8. The second-order valence-electron chi connectivity index (χ2n) is 6.05. The highest BCUT2D eigenvalue weighted by Gasteiger charge is 2.26. The molecule has 21 heavy (non-hydrogen) atoms. The van der Waals surface area contributed by atoms with Crippen molar-refractivity contribution in [3.63, 3.8) is 0 Å². The van der Waals surface area contributed by atoms with Gasteiger partial charge in [0.1, 0.15) is 17.3 Å². The normalized spacial score (nSPS) is 14.0. The molecule has 0 aliphatic carbocycles. The van der Waals surface area contributed by atoms with E-state index < -0.39 is 23.6 Å². The molecule has 0 saturated carbocycles. The molecular weight excluding hydrogens is 274 g/mol. The molecule has 0 aromatic carbocycles. The minimum absolute atomic E-state index is 0.0867. The first-order chi connectivity index (χ1) is 9.60. The lowest BCUT2D eigenvalue weighted by Crippen LogP contribution is -2.41. The lowest BCUT2D eigenvalue weighted by Gasteiger charge is -2.23. The lowest BCUT2D eigenvalue weighted by molar-refractivity contribution is -0.148. The molecule has 0 aromatic rings. The quantitative estimate of drug-likeness (QED) is 0.577. The van der Waals surface area contributed by atoms with Gasteiger partial charge in [-0.1, -0.05) is 13.3 Å². The number of hydrogen-bond donors (Lipinski definition) is 1. The fraction of sp³-hybridized carbons (Fsp3) is 0.800. The summed E-state index contributed by atoms with van der Waals surface area (Å²) in [4.78, 5) is 35.1. The molecule has 0 radical (unpaired) electrons. The van der Waals surface area contributed by atoms with Gasteiger partial charge in [-0.15, -0.1) is 0 Å². The predicted octanol–water partition coefficient (Wildman–Crippen LogP) is 2.45. The number of esters is 1. The number of rotatable bonds is 7. The van der Waals surface area contributed by atoms with Crippen molar-refractivity contribution in [3.05, 3.63) is 0 Å². The molecule has 0 saturated heterocycles. The average molecular weight is 301 g/mol. The van der Waals surface area contributed by atoms with Crippen molar-refractivity contribution in [2.24, 2.45) is 5.92 Å². The zero-order chi connectivity index (χ0) is 16.6. The van der Waals surface area contributed by atoms with Crippen molar-refractivity contribution < 1.29 is 23.9 Å². The van der Waals surface area contributed by atoms with Crippen LogP contribution in [0.5, 0.6) is 0 Å². The monoisotopic (exact) mass is 301 g/mol. The summed E-state index contributed by atoms with van der Waals surface area (Å²) < 4.78 is 9.72. The van der Waals surface area contributed by atoms with Crippen molar-refractivity contribution in [2.75, 3.05) is 7.11 Å². The number of ketones is 1. The van der Waals surface area contributed by atoms with Crippen LogP contribution in [0.1, 0.15) is 53.9 Å². The van der Waals surface area contributed by atoms with Crippen LogP contribution in [-0.2, 0) is 19.1 Å². The summed E-state index contributed by atoms with van der Waals surface area (Å²) in [7, 11) is 1.24. The van der Waals surface area contributed by atoms with Crippen LogP contribution in [0.25, 0.3) is 0 Å². The number of methoxy groups -OCH3 is 1. The fourth-order valence-corrected chi connectivity index (χ4v) is 1.78. The molecule has 0 bridgehead atoms. The minimum atomic E-state index is -0.824. The van der Waals surface area contributed by atoms with Gasteiger partial charge >= 0.3 is 12.1 Å². The van der Waals surface area contributed by atoms with Crippen LogP contribution in [0.2, 0.25) is 0 Å². The number of carbonyl (C=O) groups excluding carboxylic acids is 3. The van der Waals surface area contributed by atoms with Gasteiger partial charge in [0.05, 0.1) is 7.11 Å². The molecule has 0 aliphatic heterocycles. The maximum Gasteiger partial charge on any atom is 0.407 e. The van der Waals surface area contributed by atoms with Gasteiger partial charge in [-0.25, -0.2) is 4.79 Å². The van der Waals surface area contributed by atoms with Crippen LogP contribution >= 0.6 is 0 Å². The third kappa shape index (κ3) is 8.32. The van der Waals surface area contributed by atoms with Gasteiger partial charge in [-0.2, -0.15) is 0 Å². The molecule has 122 valence electrons. The average Bonchev–Trinajstić information content (AvgIpc) is 2.34. The van der Waals surface area contributed by atoms with E-state index in [-0.39, 0.29) is 18.2 Å². The predicted molar refractivity (Wildman–Crippen MR) is 78.9 cm³/mol. The Morgan fingerprint density at radius 1 is 1.19 bits per heavy atom. The third-order valence-electron chi connectivity index (χ3n) is 2.84. The highest BCUT2D eigenvalue weighted by molar-refractivity contribution is 5.98. The highest BCUT2D eigenvalue weighted by atomic mass is 16.6. The van der Waals surface area contributed by atoms with Gasteiger partial charge in [0.2, 0.25) is 0 Å². The molecule has 6 heteroatoms. The summed E-state index contributed by atoms with van der Waals surface area (Å²) in [5.41, 5.74) is -0.593. The second kappa shape index (κ2) is 8.64. The summed E-state index contributed by atoms with van der Waals surface area (Å²) in [6.45, 7) is 8.77. The van der Waals surface area contributed by atoms with Gasteiger partial charge in [-0.05, 0) is 34.1 Å². The summed E-state index contributed by atoms with van der Waals surface area (Å²) in [5, 5.41) is 2.68. The Morgan fingerprint density at radius 3 is 2.19 bits per heavy atom. The van der Waals surface area contributed by atoms with Crippen molar-refractivity contribution in [1.82, 2.24) is 5.32 Å². The van der Waals surface area contributed by atoms with E-state index in [9.17, 15) is 14.4 Å². The van der Waals surface area contributed by atoms with Crippen LogP contribution in [0.4, 0.5) is 4.79 Å². The molecule has 1 N–H and O–H groups in total. The molecule has 2 atom stereocenters. The number of nitrogens with one attached hydrogen (secondary N) is 1. The van der Waals surface area contributed by atoms with Crippen molar-refractivity contribution >= 4 is 17.8 Å². The van der Waals surface area contributed by atoms with Gasteiger partial charge < -0.3 is 14.8 Å². The van der Waals surface area contributed by atoms with E-state index in [4.69, 9.17) is 4.74 Å². The van der Waals surface area contributed by atoms with E-state index >= 15 is 0 Å². The first-order valence-electron chi connectivity index (χ1n) is 7.20. The molecule has 0 heterocycles. The largest absolute Gasteiger partial charge is 0.468 e. The molecular formula is C15H27NO5. The smallest absolute Gasteiger partial charge is 0.407 e. The van der Waals surface area contributed by atoms with Gasteiger partial charge in [0.15, 0.2) is 0 Å². The fourth-order valence-electron chi connectivity index (χ4n) is 1.78. The van der Waals surface area contributed by atoms with Crippen molar-refractivity contribution in [3.8, 4) is 0 Å². The lowest BCUT2D eigenvalue weighted by atomic mass is 9.97. The number of Topliss-reactive ketones (excluding diaryl/α,β-unsaturated/α-hetero) is 1. The third-order valence-corrected chi connectivity index (χ3v) is 2.84. The molecule has 0 fully saturated rings. The molecule has 0 spiro atoms. The number of ether oxygens (including phenoxy) is 2. The van der Waals surface area contributed by atoms with Crippen LogP contribution in [0, 0.1) is 5.92 Å². The Morgan fingerprint density at radius 2 is 1.76 bits per heavy atom. The molecule has 6 nitrogen and oxygen atoms in total. The summed E-state index contributed by atoms with van der Waals surface area (Å²) >= 11 is 0. The van der Waals surface area contributed by atoms with Crippen LogP contribution < -0.4 is 5.32 Å². The Labute approximate surface area is 126 Å². The van der Waals surface area contributed by atoms with Crippen molar-refractivity contribution in [1.29, 1.82) is 0 Å². The second-order valence-corrected chi connectivity index (χ2v) is 6.05. The summed E-state index contributed by atoms with van der Waals surface area (Å²) in [6.07, 6.45) is 0.974. The topological polar surface area (TPSA) is 81.7 Å². The van der Waals surface area contributed by atoms with Crippen molar-refractivity contribution in [2.45, 2.75) is 65.5 Å². The van der Waals surface area contributed by atoms with Gasteiger partial charge in [0.25, 0.3) is 0 Å². The standard InChI is InChI=1S/C15H27NO5/c1-7-8-11(16-14(19)21-15(3,4)5)9-12(17)10(2)13(18)20-6/h10-11H,7-9H2,1-6H3,(H,16,19). The zero-order valence-electron chi connectivity index (χ0n) is 13.8. The maximum atomic E-state index is 12.0.